The van der Waals surface area contributed by atoms with E-state index in [-0.39, 0.29) is 0 Å². The number of hydrogen-bond acceptors (Lipinski definition) is 2. The molecule has 1 saturated heterocycles. The molecule has 0 radical (unpaired) electrons. The van der Waals surface area contributed by atoms with Gasteiger partial charge in [0.05, 0.1) is 23.7 Å². The highest BCUT2D eigenvalue weighted by molar-refractivity contribution is 7.71. The molecule has 0 saturated carbocycles. The molecule has 1 aromatic heterocycles. The van der Waals surface area contributed by atoms with E-state index < -0.39 is 0 Å². The number of imidazole rings is 1. The average molecular weight is 234 g/mol. The van der Waals surface area contributed by atoms with Gasteiger partial charge in [0.1, 0.15) is 0 Å². The van der Waals surface area contributed by atoms with E-state index >= 15 is 0 Å². The fraction of sp³-hybridized carbons (Fsp3) is 0.417. The Morgan fingerprint density at radius 1 is 1.44 bits per heavy atom. The van der Waals surface area contributed by atoms with Crippen LogP contribution in [0.15, 0.2) is 24.3 Å². The van der Waals surface area contributed by atoms with E-state index in [0.29, 0.717) is 6.10 Å². The van der Waals surface area contributed by atoms with Gasteiger partial charge in [0.2, 0.25) is 0 Å². The number of H-pyrrole nitrogens is 1. The Labute approximate surface area is 99.0 Å². The number of rotatable bonds is 2. The van der Waals surface area contributed by atoms with Crippen LogP contribution in [-0.4, -0.2) is 22.3 Å². The van der Waals surface area contributed by atoms with Gasteiger partial charge in [-0.2, -0.15) is 0 Å². The van der Waals surface area contributed by atoms with Crippen molar-refractivity contribution in [3.8, 4) is 0 Å². The van der Waals surface area contributed by atoms with Crippen molar-refractivity contribution in [3.63, 3.8) is 0 Å². The molecule has 0 spiro atoms. The van der Waals surface area contributed by atoms with Crippen LogP contribution >= 0.6 is 12.2 Å². The van der Waals surface area contributed by atoms with Crippen LogP contribution in [0.1, 0.15) is 12.8 Å². The number of aromatic nitrogens is 2. The van der Waals surface area contributed by atoms with Crippen molar-refractivity contribution in [3.05, 3.63) is 29.0 Å². The minimum absolute atomic E-state index is 0.325. The highest BCUT2D eigenvalue weighted by Gasteiger charge is 2.17. The maximum atomic E-state index is 5.65. The highest BCUT2D eigenvalue weighted by atomic mass is 32.1. The van der Waals surface area contributed by atoms with Crippen LogP contribution in [0.5, 0.6) is 0 Å². The fourth-order valence-corrected chi connectivity index (χ4v) is 2.56. The smallest absolute Gasteiger partial charge is 0.178 e. The van der Waals surface area contributed by atoms with Crippen LogP contribution in [0, 0.1) is 4.77 Å². The Bertz CT molecular complexity index is 551. The minimum atomic E-state index is 0.325. The van der Waals surface area contributed by atoms with Gasteiger partial charge < -0.3 is 14.3 Å². The maximum absolute atomic E-state index is 5.65. The molecule has 0 aliphatic carbocycles. The van der Waals surface area contributed by atoms with Gasteiger partial charge in [-0.05, 0) is 37.2 Å². The lowest BCUT2D eigenvalue weighted by molar-refractivity contribution is 0.0976. The van der Waals surface area contributed by atoms with E-state index in [1.165, 1.54) is 11.9 Å². The van der Waals surface area contributed by atoms with Crippen molar-refractivity contribution < 1.29 is 4.74 Å². The van der Waals surface area contributed by atoms with Crippen molar-refractivity contribution >= 4 is 23.3 Å². The molecule has 1 N–H and O–H groups in total. The molecule has 0 unspecified atom stereocenters. The lowest BCUT2D eigenvalue weighted by Gasteiger charge is -2.10. The topological polar surface area (TPSA) is 29.9 Å². The first-order valence-corrected chi connectivity index (χ1v) is 6.04. The van der Waals surface area contributed by atoms with Crippen LogP contribution in [-0.2, 0) is 11.3 Å². The molecule has 4 heteroatoms. The molecule has 3 rings (SSSR count). The number of nitrogens with zero attached hydrogens (tertiary/aromatic N) is 1. The number of nitrogens with one attached hydrogen (secondary N) is 1. The van der Waals surface area contributed by atoms with Crippen LogP contribution < -0.4 is 0 Å². The van der Waals surface area contributed by atoms with Crippen LogP contribution in [0.2, 0.25) is 0 Å². The molecule has 1 aliphatic heterocycles. The average Bonchev–Trinajstić information content (AvgIpc) is 2.89. The van der Waals surface area contributed by atoms with Crippen molar-refractivity contribution in [2.45, 2.75) is 25.5 Å². The maximum Gasteiger partial charge on any atom is 0.178 e. The number of para-hydroxylation sites is 2. The number of ether oxygens (including phenoxy) is 1. The normalized spacial score (nSPS) is 20.6. The summed E-state index contributed by atoms with van der Waals surface area (Å²) in [7, 11) is 0. The van der Waals surface area contributed by atoms with Crippen LogP contribution in [0.3, 0.4) is 0 Å². The number of aromatic amines is 1. The summed E-state index contributed by atoms with van der Waals surface area (Å²) in [5.41, 5.74) is 2.27. The summed E-state index contributed by atoms with van der Waals surface area (Å²) < 4.78 is 8.58. The van der Waals surface area contributed by atoms with E-state index in [4.69, 9.17) is 17.0 Å². The molecule has 16 heavy (non-hydrogen) atoms. The molecule has 1 aliphatic rings. The largest absolute Gasteiger partial charge is 0.376 e. The second-order valence-corrected chi connectivity index (χ2v) is 4.58. The molecule has 0 bridgehead atoms. The lowest BCUT2D eigenvalue weighted by atomic mass is 10.2. The lowest BCUT2D eigenvalue weighted by Crippen LogP contribution is -2.14. The Morgan fingerprint density at radius 3 is 3.12 bits per heavy atom. The monoisotopic (exact) mass is 234 g/mol. The molecule has 0 amide bonds. The second kappa shape index (κ2) is 4.03. The summed E-state index contributed by atoms with van der Waals surface area (Å²) >= 11 is 5.34. The third-order valence-electron chi connectivity index (χ3n) is 3.09. The van der Waals surface area contributed by atoms with E-state index in [0.717, 1.165) is 29.9 Å². The highest BCUT2D eigenvalue weighted by Crippen LogP contribution is 2.18. The number of fused-ring (bicyclic) bond motifs is 1. The predicted octanol–water partition coefficient (Wildman–Crippen LogP) is 2.88. The molecule has 2 heterocycles. The van der Waals surface area contributed by atoms with Gasteiger partial charge in [0, 0.05) is 6.61 Å². The Balaban J connectivity index is 2.01. The first-order chi connectivity index (χ1) is 7.84. The minimum Gasteiger partial charge on any atom is -0.376 e. The van der Waals surface area contributed by atoms with Gasteiger partial charge in [0.15, 0.2) is 4.77 Å². The summed E-state index contributed by atoms with van der Waals surface area (Å²) in [5, 5.41) is 0. The van der Waals surface area contributed by atoms with Crippen molar-refractivity contribution in [2.24, 2.45) is 0 Å². The van der Waals surface area contributed by atoms with Crippen molar-refractivity contribution in [1.82, 2.24) is 9.55 Å². The predicted molar refractivity (Wildman–Crippen MR) is 66.1 cm³/mol. The van der Waals surface area contributed by atoms with E-state index in [1.807, 2.05) is 12.1 Å². The summed E-state index contributed by atoms with van der Waals surface area (Å²) in [6.07, 6.45) is 2.63. The van der Waals surface area contributed by atoms with Crippen LogP contribution in [0.4, 0.5) is 0 Å². The standard InChI is InChI=1S/C12H14N2OS/c16-12-13-10-5-1-2-6-11(10)14(12)8-9-4-3-7-15-9/h1-2,5-6,9H,3-4,7-8H2,(H,13,16)/t9-/m1/s1. The quantitative estimate of drug-likeness (QED) is 0.810. The van der Waals surface area contributed by atoms with Gasteiger partial charge in [-0.1, -0.05) is 12.1 Å². The van der Waals surface area contributed by atoms with Gasteiger partial charge >= 0.3 is 0 Å². The number of benzene rings is 1. The Kier molecular flexibility index (Phi) is 2.53. The van der Waals surface area contributed by atoms with Crippen molar-refractivity contribution in [2.75, 3.05) is 6.61 Å². The zero-order valence-electron chi connectivity index (χ0n) is 8.98. The van der Waals surface area contributed by atoms with Crippen molar-refractivity contribution in [1.29, 1.82) is 0 Å². The third-order valence-corrected chi connectivity index (χ3v) is 3.41. The molecule has 1 atom stereocenters. The molecule has 84 valence electrons. The first kappa shape index (κ1) is 10.1. The summed E-state index contributed by atoms with van der Waals surface area (Å²) in [6, 6.07) is 8.20. The zero-order valence-corrected chi connectivity index (χ0v) is 9.80. The molecule has 1 fully saturated rings. The van der Waals surface area contributed by atoms with Gasteiger partial charge in [-0.25, -0.2) is 0 Å². The SMILES string of the molecule is S=c1[nH]c2ccccc2n1C[C@H]1CCCO1. The van der Waals surface area contributed by atoms with Crippen LogP contribution in [0.25, 0.3) is 11.0 Å². The van der Waals surface area contributed by atoms with E-state index in [9.17, 15) is 0 Å². The summed E-state index contributed by atoms with van der Waals surface area (Å²) in [4.78, 5) is 3.22. The number of hydrogen-bond donors (Lipinski definition) is 1. The van der Waals surface area contributed by atoms with E-state index in [1.54, 1.807) is 0 Å². The molecule has 1 aromatic carbocycles. The summed E-state index contributed by atoms with van der Waals surface area (Å²) in [5.74, 6) is 0. The molecule has 3 nitrogen and oxygen atoms in total. The zero-order chi connectivity index (χ0) is 11.0. The molecular formula is C12H14N2OS. The van der Waals surface area contributed by atoms with Gasteiger partial charge in [-0.15, -0.1) is 0 Å². The summed E-state index contributed by atoms with van der Waals surface area (Å²) in [6.45, 7) is 1.75. The Hall–Kier alpha value is -1.13. The van der Waals surface area contributed by atoms with E-state index in [2.05, 4.69) is 21.7 Å². The second-order valence-electron chi connectivity index (χ2n) is 4.19. The van der Waals surface area contributed by atoms with Gasteiger partial charge in [-0.3, -0.25) is 0 Å². The third kappa shape index (κ3) is 1.68. The van der Waals surface area contributed by atoms with Gasteiger partial charge in [0.25, 0.3) is 0 Å². The first-order valence-electron chi connectivity index (χ1n) is 5.64. The Morgan fingerprint density at radius 2 is 2.31 bits per heavy atom. The molecular weight excluding hydrogens is 220 g/mol. The fourth-order valence-electron chi connectivity index (χ4n) is 2.28. The molecule has 2 aromatic rings.